The second-order valence-electron chi connectivity index (χ2n) is 5.48. The third-order valence-electron chi connectivity index (χ3n) is 3.78. The molecule has 1 rings (SSSR count). The number of rotatable bonds is 8. The zero-order chi connectivity index (χ0) is 16.7. The van der Waals surface area contributed by atoms with Gasteiger partial charge in [-0.05, 0) is 34.6 Å². The number of methoxy groups -OCH3 is 1. The van der Waals surface area contributed by atoms with Gasteiger partial charge < -0.3 is 15.0 Å². The zero-order valence-electron chi connectivity index (χ0n) is 14.6. The largest absolute Gasteiger partial charge is 0.384 e. The molecule has 0 saturated heterocycles. The van der Waals surface area contributed by atoms with Gasteiger partial charge in [0.25, 0.3) is 0 Å². The van der Waals surface area contributed by atoms with Crippen molar-refractivity contribution in [3.63, 3.8) is 0 Å². The summed E-state index contributed by atoms with van der Waals surface area (Å²) in [6.07, 6.45) is 0.416. The van der Waals surface area contributed by atoms with Gasteiger partial charge in [-0.2, -0.15) is 0 Å². The van der Waals surface area contributed by atoms with Gasteiger partial charge in [-0.25, -0.2) is 9.97 Å². The summed E-state index contributed by atoms with van der Waals surface area (Å²) < 4.78 is 4.98. The Morgan fingerprint density at radius 2 is 2.00 bits per heavy atom. The standard InChI is InChI=1S/C16H28N4O2/c1-7-20(15(21)8-9-22-6)11(2)10-17-16-12(3)13(4)18-14(5)19-16/h11H,7-10H2,1-6H3,(H,17,18,19)/t11-/m1/s1. The summed E-state index contributed by atoms with van der Waals surface area (Å²) in [6, 6.07) is 0.0873. The van der Waals surface area contributed by atoms with E-state index >= 15 is 0 Å². The molecule has 1 N–H and O–H groups in total. The van der Waals surface area contributed by atoms with Crippen molar-refractivity contribution in [1.82, 2.24) is 14.9 Å². The molecule has 0 bridgehead atoms. The summed E-state index contributed by atoms with van der Waals surface area (Å²) in [7, 11) is 1.61. The molecule has 0 radical (unpaired) electrons. The van der Waals surface area contributed by atoms with Crippen LogP contribution in [-0.4, -0.2) is 53.6 Å². The highest BCUT2D eigenvalue weighted by atomic mass is 16.5. The molecule has 0 aliphatic carbocycles. The van der Waals surface area contributed by atoms with Crippen LogP contribution in [0.25, 0.3) is 0 Å². The maximum atomic E-state index is 12.2. The number of hydrogen-bond acceptors (Lipinski definition) is 5. The van der Waals surface area contributed by atoms with E-state index in [0.29, 0.717) is 26.1 Å². The number of likely N-dealkylation sites (N-methyl/N-ethyl adjacent to an activating group) is 1. The van der Waals surface area contributed by atoms with Crippen molar-refractivity contribution in [3.8, 4) is 0 Å². The SMILES string of the molecule is CCN(C(=O)CCOC)[C@H](C)CNc1nc(C)nc(C)c1C. The molecule has 1 heterocycles. The van der Waals surface area contributed by atoms with Crippen LogP contribution in [0.4, 0.5) is 5.82 Å². The fourth-order valence-corrected chi connectivity index (χ4v) is 2.36. The summed E-state index contributed by atoms with van der Waals surface area (Å²) >= 11 is 0. The fraction of sp³-hybridized carbons (Fsp3) is 0.688. The van der Waals surface area contributed by atoms with E-state index in [4.69, 9.17) is 4.74 Å². The minimum absolute atomic E-state index is 0.0873. The van der Waals surface area contributed by atoms with E-state index in [9.17, 15) is 4.79 Å². The van der Waals surface area contributed by atoms with Gasteiger partial charge in [0.1, 0.15) is 11.6 Å². The first kappa shape index (κ1) is 18.4. The van der Waals surface area contributed by atoms with E-state index in [-0.39, 0.29) is 11.9 Å². The lowest BCUT2D eigenvalue weighted by Gasteiger charge is -2.28. The summed E-state index contributed by atoms with van der Waals surface area (Å²) in [5.41, 5.74) is 2.03. The highest BCUT2D eigenvalue weighted by Gasteiger charge is 2.18. The zero-order valence-corrected chi connectivity index (χ0v) is 14.6. The number of carbonyl (C=O) groups excluding carboxylic acids is 1. The van der Waals surface area contributed by atoms with Gasteiger partial charge in [0.05, 0.1) is 13.0 Å². The molecule has 1 aromatic rings. The molecule has 0 fully saturated rings. The summed E-state index contributed by atoms with van der Waals surface area (Å²) in [5.74, 6) is 1.71. The van der Waals surface area contributed by atoms with Crippen LogP contribution in [0.1, 0.15) is 37.4 Å². The molecule has 0 unspecified atom stereocenters. The Bertz CT molecular complexity index is 505. The predicted molar refractivity (Wildman–Crippen MR) is 88.1 cm³/mol. The minimum atomic E-state index is 0.0873. The van der Waals surface area contributed by atoms with Crippen LogP contribution in [0.3, 0.4) is 0 Å². The third kappa shape index (κ3) is 4.94. The number of nitrogens with zero attached hydrogens (tertiary/aromatic N) is 3. The van der Waals surface area contributed by atoms with Crippen LogP contribution in [0.5, 0.6) is 0 Å². The Labute approximate surface area is 133 Å². The Balaban J connectivity index is 2.68. The van der Waals surface area contributed by atoms with E-state index in [0.717, 1.165) is 22.9 Å². The quantitative estimate of drug-likeness (QED) is 0.796. The van der Waals surface area contributed by atoms with Crippen LogP contribution in [0.15, 0.2) is 0 Å². The summed E-state index contributed by atoms with van der Waals surface area (Å²) in [6.45, 7) is 11.7. The molecule has 0 aromatic carbocycles. The van der Waals surface area contributed by atoms with Crippen LogP contribution in [0.2, 0.25) is 0 Å². The summed E-state index contributed by atoms with van der Waals surface area (Å²) in [5, 5.41) is 3.34. The van der Waals surface area contributed by atoms with Gasteiger partial charge in [0.2, 0.25) is 5.91 Å². The fourth-order valence-electron chi connectivity index (χ4n) is 2.36. The number of ether oxygens (including phenoxy) is 1. The molecule has 22 heavy (non-hydrogen) atoms. The molecule has 6 heteroatoms. The lowest BCUT2D eigenvalue weighted by atomic mass is 10.2. The summed E-state index contributed by atoms with van der Waals surface area (Å²) in [4.78, 5) is 22.8. The number of hydrogen-bond donors (Lipinski definition) is 1. The molecule has 0 spiro atoms. The minimum Gasteiger partial charge on any atom is -0.384 e. The smallest absolute Gasteiger partial charge is 0.225 e. The lowest BCUT2D eigenvalue weighted by molar-refractivity contribution is -0.133. The van der Waals surface area contributed by atoms with Gasteiger partial charge >= 0.3 is 0 Å². The second-order valence-corrected chi connectivity index (χ2v) is 5.48. The average molecular weight is 308 g/mol. The van der Waals surface area contributed by atoms with Crippen LogP contribution in [0, 0.1) is 20.8 Å². The van der Waals surface area contributed by atoms with Crippen molar-refractivity contribution >= 4 is 11.7 Å². The number of amides is 1. The number of nitrogens with one attached hydrogen (secondary N) is 1. The van der Waals surface area contributed by atoms with E-state index in [1.54, 1.807) is 7.11 Å². The van der Waals surface area contributed by atoms with Crippen molar-refractivity contribution in [3.05, 3.63) is 17.1 Å². The highest BCUT2D eigenvalue weighted by molar-refractivity contribution is 5.76. The van der Waals surface area contributed by atoms with E-state index in [2.05, 4.69) is 15.3 Å². The van der Waals surface area contributed by atoms with Gasteiger partial charge in [0.15, 0.2) is 0 Å². The molecule has 0 saturated carbocycles. The van der Waals surface area contributed by atoms with E-state index < -0.39 is 0 Å². The van der Waals surface area contributed by atoms with Crippen molar-refractivity contribution in [1.29, 1.82) is 0 Å². The normalized spacial score (nSPS) is 12.1. The number of aryl methyl sites for hydroxylation is 2. The first-order chi connectivity index (χ1) is 10.4. The van der Waals surface area contributed by atoms with Gasteiger partial charge in [-0.1, -0.05) is 0 Å². The number of carbonyl (C=O) groups is 1. The van der Waals surface area contributed by atoms with Crippen LogP contribution in [-0.2, 0) is 9.53 Å². The molecule has 0 aliphatic rings. The van der Waals surface area contributed by atoms with E-state index in [1.165, 1.54) is 0 Å². The lowest BCUT2D eigenvalue weighted by Crippen LogP contribution is -2.42. The van der Waals surface area contributed by atoms with Gasteiger partial charge in [0, 0.05) is 37.5 Å². The molecule has 1 aromatic heterocycles. The maximum Gasteiger partial charge on any atom is 0.225 e. The molecule has 6 nitrogen and oxygen atoms in total. The van der Waals surface area contributed by atoms with Crippen LogP contribution < -0.4 is 5.32 Å². The number of aromatic nitrogens is 2. The Hall–Kier alpha value is -1.69. The molecular weight excluding hydrogens is 280 g/mol. The highest BCUT2D eigenvalue weighted by Crippen LogP contribution is 2.15. The van der Waals surface area contributed by atoms with Crippen molar-refractivity contribution in [2.24, 2.45) is 0 Å². The molecule has 1 atom stereocenters. The molecule has 0 aliphatic heterocycles. The Morgan fingerprint density at radius 1 is 1.32 bits per heavy atom. The maximum absolute atomic E-state index is 12.2. The average Bonchev–Trinajstić information content (AvgIpc) is 2.47. The van der Waals surface area contributed by atoms with Gasteiger partial charge in [-0.3, -0.25) is 4.79 Å². The monoisotopic (exact) mass is 308 g/mol. The predicted octanol–water partition coefficient (Wildman–Crippen LogP) is 2.09. The van der Waals surface area contributed by atoms with Crippen molar-refractivity contribution < 1.29 is 9.53 Å². The first-order valence-corrected chi connectivity index (χ1v) is 7.74. The third-order valence-corrected chi connectivity index (χ3v) is 3.78. The Kier molecular flexibility index (Phi) is 7.24. The topological polar surface area (TPSA) is 67.3 Å². The Morgan fingerprint density at radius 3 is 2.59 bits per heavy atom. The molecular formula is C16H28N4O2. The van der Waals surface area contributed by atoms with Crippen molar-refractivity contribution in [2.75, 3.05) is 32.1 Å². The van der Waals surface area contributed by atoms with E-state index in [1.807, 2.05) is 39.5 Å². The van der Waals surface area contributed by atoms with Crippen LogP contribution >= 0.6 is 0 Å². The molecule has 1 amide bonds. The first-order valence-electron chi connectivity index (χ1n) is 7.74. The number of anilines is 1. The molecule has 124 valence electrons. The second kappa shape index (κ2) is 8.68. The van der Waals surface area contributed by atoms with Gasteiger partial charge in [-0.15, -0.1) is 0 Å². The van der Waals surface area contributed by atoms with Crippen molar-refractivity contribution in [2.45, 2.75) is 47.1 Å².